The van der Waals surface area contributed by atoms with Crippen molar-refractivity contribution in [2.75, 3.05) is 45.3 Å². The third-order valence-electron chi connectivity index (χ3n) is 4.70. The fourth-order valence-electron chi connectivity index (χ4n) is 3.09. The van der Waals surface area contributed by atoms with Gasteiger partial charge in [0, 0.05) is 43.5 Å². The van der Waals surface area contributed by atoms with Crippen LogP contribution in [0.25, 0.3) is 0 Å². The van der Waals surface area contributed by atoms with E-state index in [-0.39, 0.29) is 5.82 Å². The number of anilines is 1. The Morgan fingerprint density at radius 3 is 2.37 bits per heavy atom. The summed E-state index contributed by atoms with van der Waals surface area (Å²) in [5.41, 5.74) is 8.16. The van der Waals surface area contributed by atoms with Gasteiger partial charge in [-0.1, -0.05) is 0 Å². The Labute approximate surface area is 159 Å². The molecule has 2 aromatic rings. The Bertz CT molecular complexity index is 787. The van der Waals surface area contributed by atoms with Crippen molar-refractivity contribution < 1.29 is 13.9 Å². The van der Waals surface area contributed by atoms with Crippen LogP contribution in [0, 0.1) is 5.82 Å². The first-order valence-electron chi connectivity index (χ1n) is 8.87. The van der Waals surface area contributed by atoms with Gasteiger partial charge >= 0.3 is 0 Å². The molecule has 1 fully saturated rings. The highest BCUT2D eigenvalue weighted by Crippen LogP contribution is 2.25. The normalized spacial score (nSPS) is 15.0. The Morgan fingerprint density at radius 1 is 1.04 bits per heavy atom. The van der Waals surface area contributed by atoms with Gasteiger partial charge in [-0.3, -0.25) is 0 Å². The minimum Gasteiger partial charge on any atom is -0.497 e. The van der Waals surface area contributed by atoms with Crippen molar-refractivity contribution in [3.8, 4) is 11.5 Å². The molecule has 0 spiro atoms. The van der Waals surface area contributed by atoms with Crippen LogP contribution in [0.1, 0.15) is 5.56 Å². The number of halogens is 1. The molecule has 0 unspecified atom stereocenters. The number of rotatable bonds is 5. The van der Waals surface area contributed by atoms with Crippen LogP contribution < -0.4 is 20.1 Å². The highest BCUT2D eigenvalue weighted by Gasteiger charge is 2.18. The molecule has 0 aromatic heterocycles. The predicted octanol–water partition coefficient (Wildman–Crippen LogP) is 2.48. The van der Waals surface area contributed by atoms with Gasteiger partial charge in [-0.2, -0.15) is 0 Å². The summed E-state index contributed by atoms with van der Waals surface area (Å²) in [5, 5.41) is 0. The van der Waals surface area contributed by atoms with Gasteiger partial charge in [0.25, 0.3) is 0 Å². The van der Waals surface area contributed by atoms with E-state index in [4.69, 9.17) is 15.2 Å². The van der Waals surface area contributed by atoms with E-state index < -0.39 is 0 Å². The second-order valence-corrected chi connectivity index (χ2v) is 6.30. The van der Waals surface area contributed by atoms with Crippen molar-refractivity contribution in [2.45, 2.75) is 6.54 Å². The Kier molecular flexibility index (Phi) is 6.01. The monoisotopic (exact) mass is 372 g/mol. The van der Waals surface area contributed by atoms with Crippen LogP contribution in [0.2, 0.25) is 0 Å². The van der Waals surface area contributed by atoms with Gasteiger partial charge in [0.1, 0.15) is 17.3 Å². The lowest BCUT2D eigenvalue weighted by atomic mass is 10.2. The van der Waals surface area contributed by atoms with Crippen LogP contribution in [0.15, 0.2) is 47.5 Å². The molecule has 0 amide bonds. The molecular formula is C20H25FN4O2. The third kappa shape index (κ3) is 4.61. The van der Waals surface area contributed by atoms with Crippen molar-refractivity contribution in [1.82, 2.24) is 4.90 Å². The number of hydrogen-bond acceptors (Lipinski definition) is 4. The van der Waals surface area contributed by atoms with Gasteiger partial charge < -0.3 is 25.0 Å². The average molecular weight is 372 g/mol. The topological polar surface area (TPSA) is 63.3 Å². The van der Waals surface area contributed by atoms with E-state index in [1.807, 2.05) is 18.2 Å². The summed E-state index contributed by atoms with van der Waals surface area (Å²) in [7, 11) is 3.25. The maximum absolute atomic E-state index is 13.1. The second-order valence-electron chi connectivity index (χ2n) is 6.30. The molecule has 3 rings (SSSR count). The summed E-state index contributed by atoms with van der Waals surface area (Å²) in [6, 6.07) is 12.2. The van der Waals surface area contributed by atoms with E-state index in [0.29, 0.717) is 12.5 Å². The molecule has 0 bridgehead atoms. The van der Waals surface area contributed by atoms with E-state index in [1.54, 1.807) is 26.4 Å². The fourth-order valence-corrected chi connectivity index (χ4v) is 3.09. The quantitative estimate of drug-likeness (QED) is 0.645. The maximum Gasteiger partial charge on any atom is 0.191 e. The molecule has 144 valence electrons. The van der Waals surface area contributed by atoms with Crippen molar-refractivity contribution in [3.63, 3.8) is 0 Å². The molecule has 2 N–H and O–H groups in total. The standard InChI is InChI=1S/C20H25FN4O2/c1-26-18-8-3-15(19(13-18)27-2)14-23-20(22)25-11-9-24(10-12-25)17-6-4-16(21)5-7-17/h3-8,13H,9-12,14H2,1-2H3,(H2,22,23). The van der Waals surface area contributed by atoms with Gasteiger partial charge in [0.15, 0.2) is 5.96 Å². The molecule has 0 aliphatic carbocycles. The Hall–Kier alpha value is -2.96. The summed E-state index contributed by atoms with van der Waals surface area (Å²) in [6.45, 7) is 3.61. The molecule has 1 aliphatic rings. The summed E-state index contributed by atoms with van der Waals surface area (Å²) in [5.74, 6) is 1.77. The maximum atomic E-state index is 13.1. The van der Waals surface area contributed by atoms with E-state index in [9.17, 15) is 4.39 Å². The highest BCUT2D eigenvalue weighted by atomic mass is 19.1. The van der Waals surface area contributed by atoms with Crippen LogP contribution in [-0.4, -0.2) is 51.3 Å². The lowest BCUT2D eigenvalue weighted by Crippen LogP contribution is -2.51. The number of aliphatic imine (C=N–C) groups is 1. The zero-order valence-electron chi connectivity index (χ0n) is 15.7. The first-order chi connectivity index (χ1) is 13.1. The molecule has 2 aromatic carbocycles. The third-order valence-corrected chi connectivity index (χ3v) is 4.70. The molecule has 7 heteroatoms. The number of piperazine rings is 1. The summed E-state index contributed by atoms with van der Waals surface area (Å²) in [6.07, 6.45) is 0. The minimum absolute atomic E-state index is 0.220. The zero-order valence-corrected chi connectivity index (χ0v) is 15.7. The van der Waals surface area contributed by atoms with E-state index in [0.717, 1.165) is 48.9 Å². The first-order valence-corrected chi connectivity index (χ1v) is 8.87. The van der Waals surface area contributed by atoms with Crippen LogP contribution in [0.5, 0.6) is 11.5 Å². The largest absolute Gasteiger partial charge is 0.497 e. The number of nitrogens with zero attached hydrogens (tertiary/aromatic N) is 3. The number of ether oxygens (including phenoxy) is 2. The SMILES string of the molecule is COc1ccc(CN=C(N)N2CCN(c3ccc(F)cc3)CC2)c(OC)c1. The van der Waals surface area contributed by atoms with Gasteiger partial charge in [0.05, 0.1) is 20.8 Å². The van der Waals surface area contributed by atoms with Crippen LogP contribution in [0.3, 0.4) is 0 Å². The molecule has 1 saturated heterocycles. The van der Waals surface area contributed by atoms with Gasteiger partial charge in [-0.25, -0.2) is 9.38 Å². The first kappa shape index (κ1) is 18.8. The van der Waals surface area contributed by atoms with Crippen LogP contribution >= 0.6 is 0 Å². The van der Waals surface area contributed by atoms with Crippen molar-refractivity contribution in [2.24, 2.45) is 10.7 Å². The van der Waals surface area contributed by atoms with E-state index in [2.05, 4.69) is 14.8 Å². The zero-order chi connectivity index (χ0) is 19.2. The fraction of sp³-hybridized carbons (Fsp3) is 0.350. The Morgan fingerprint density at radius 2 is 1.74 bits per heavy atom. The number of benzene rings is 2. The number of methoxy groups -OCH3 is 2. The lowest BCUT2D eigenvalue weighted by Gasteiger charge is -2.36. The average Bonchev–Trinajstić information content (AvgIpc) is 2.72. The summed E-state index contributed by atoms with van der Waals surface area (Å²) >= 11 is 0. The number of guanidine groups is 1. The summed E-state index contributed by atoms with van der Waals surface area (Å²) in [4.78, 5) is 8.81. The lowest BCUT2D eigenvalue weighted by molar-refractivity contribution is 0.379. The molecule has 0 atom stereocenters. The van der Waals surface area contributed by atoms with Gasteiger partial charge in [0.2, 0.25) is 0 Å². The molecule has 27 heavy (non-hydrogen) atoms. The van der Waals surface area contributed by atoms with E-state index in [1.165, 1.54) is 12.1 Å². The van der Waals surface area contributed by atoms with E-state index >= 15 is 0 Å². The molecule has 1 aliphatic heterocycles. The molecular weight excluding hydrogens is 347 g/mol. The van der Waals surface area contributed by atoms with Crippen molar-refractivity contribution >= 4 is 11.6 Å². The highest BCUT2D eigenvalue weighted by molar-refractivity contribution is 5.78. The number of hydrogen-bond donors (Lipinski definition) is 1. The molecule has 0 saturated carbocycles. The van der Waals surface area contributed by atoms with Crippen LogP contribution in [0.4, 0.5) is 10.1 Å². The van der Waals surface area contributed by atoms with Crippen LogP contribution in [-0.2, 0) is 6.54 Å². The molecule has 6 nitrogen and oxygen atoms in total. The minimum atomic E-state index is -0.220. The van der Waals surface area contributed by atoms with Gasteiger partial charge in [-0.05, 0) is 36.4 Å². The van der Waals surface area contributed by atoms with Crippen molar-refractivity contribution in [1.29, 1.82) is 0 Å². The smallest absolute Gasteiger partial charge is 0.191 e. The predicted molar refractivity (Wildman–Crippen MR) is 105 cm³/mol. The Balaban J connectivity index is 1.59. The second kappa shape index (κ2) is 8.62. The number of nitrogens with two attached hydrogens (primary N) is 1. The van der Waals surface area contributed by atoms with Gasteiger partial charge in [-0.15, -0.1) is 0 Å². The molecule has 1 heterocycles. The molecule has 0 radical (unpaired) electrons. The summed E-state index contributed by atoms with van der Waals surface area (Å²) < 4.78 is 23.7. The van der Waals surface area contributed by atoms with Crippen molar-refractivity contribution in [3.05, 3.63) is 53.8 Å².